The third kappa shape index (κ3) is 3.13. The molecule has 1 aliphatic rings. The first kappa shape index (κ1) is 14.0. The van der Waals surface area contributed by atoms with Crippen LogP contribution in [0, 0.1) is 6.92 Å². The number of rotatable bonds is 4. The standard InChI is InChI=1S/C13H22N4O2/c1-4-9-8(2)15-12(16-9)13(18)17-10-5-6-14-7-11(10)19-3/h10-11,14H,4-7H2,1-3H3,(H,15,16)(H,17,18). The highest BCUT2D eigenvalue weighted by atomic mass is 16.5. The molecule has 2 unspecified atom stereocenters. The van der Waals surface area contributed by atoms with Gasteiger partial charge in [0.25, 0.3) is 5.91 Å². The molecule has 1 aliphatic heterocycles. The highest BCUT2D eigenvalue weighted by Gasteiger charge is 2.27. The summed E-state index contributed by atoms with van der Waals surface area (Å²) < 4.78 is 5.38. The van der Waals surface area contributed by atoms with Gasteiger partial charge < -0.3 is 20.4 Å². The molecule has 3 N–H and O–H groups in total. The molecule has 6 heteroatoms. The molecule has 0 spiro atoms. The number of hydrogen-bond donors (Lipinski definition) is 3. The summed E-state index contributed by atoms with van der Waals surface area (Å²) in [5.74, 6) is 0.236. The molecule has 1 saturated heterocycles. The van der Waals surface area contributed by atoms with E-state index in [9.17, 15) is 4.79 Å². The second-order valence-electron chi connectivity index (χ2n) is 4.86. The second-order valence-corrected chi connectivity index (χ2v) is 4.86. The number of aromatic amines is 1. The first-order valence-corrected chi connectivity index (χ1v) is 6.75. The third-order valence-electron chi connectivity index (χ3n) is 3.58. The summed E-state index contributed by atoms with van der Waals surface area (Å²) in [6.07, 6.45) is 1.70. The quantitative estimate of drug-likeness (QED) is 0.736. The fourth-order valence-corrected chi connectivity index (χ4v) is 2.43. The lowest BCUT2D eigenvalue weighted by atomic mass is 10.0. The van der Waals surface area contributed by atoms with Crippen LogP contribution in [-0.4, -0.2) is 48.2 Å². The molecule has 1 fully saturated rings. The number of imidazole rings is 1. The van der Waals surface area contributed by atoms with Gasteiger partial charge in [0.1, 0.15) is 0 Å². The Kier molecular flexibility index (Phi) is 4.55. The summed E-state index contributed by atoms with van der Waals surface area (Å²) in [5, 5.41) is 6.25. The summed E-state index contributed by atoms with van der Waals surface area (Å²) in [6.45, 7) is 5.62. The summed E-state index contributed by atoms with van der Waals surface area (Å²) >= 11 is 0. The predicted octanol–water partition coefficient (Wildman–Crippen LogP) is 0.387. The Morgan fingerprint density at radius 2 is 2.37 bits per heavy atom. The molecule has 2 heterocycles. The van der Waals surface area contributed by atoms with Crippen LogP contribution in [0.5, 0.6) is 0 Å². The van der Waals surface area contributed by atoms with E-state index in [1.807, 2.05) is 13.8 Å². The van der Waals surface area contributed by atoms with Crippen LogP contribution in [0.15, 0.2) is 0 Å². The fraction of sp³-hybridized carbons (Fsp3) is 0.692. The van der Waals surface area contributed by atoms with E-state index < -0.39 is 0 Å². The molecule has 1 amide bonds. The summed E-state index contributed by atoms with van der Waals surface area (Å²) in [4.78, 5) is 19.5. The lowest BCUT2D eigenvalue weighted by Gasteiger charge is -2.31. The van der Waals surface area contributed by atoms with Crippen LogP contribution in [0.25, 0.3) is 0 Å². The van der Waals surface area contributed by atoms with E-state index in [-0.39, 0.29) is 18.1 Å². The first-order valence-electron chi connectivity index (χ1n) is 6.75. The number of aryl methyl sites for hydroxylation is 2. The minimum atomic E-state index is -0.156. The zero-order valence-electron chi connectivity index (χ0n) is 11.7. The smallest absolute Gasteiger partial charge is 0.287 e. The van der Waals surface area contributed by atoms with Crippen molar-refractivity contribution in [3.05, 3.63) is 17.2 Å². The number of nitrogens with one attached hydrogen (secondary N) is 3. The molecule has 1 aromatic rings. The Bertz CT molecular complexity index is 444. The van der Waals surface area contributed by atoms with Gasteiger partial charge in [-0.1, -0.05) is 6.92 Å². The number of piperidine rings is 1. The first-order chi connectivity index (χ1) is 9.15. The van der Waals surface area contributed by atoms with Crippen LogP contribution < -0.4 is 10.6 Å². The molecule has 6 nitrogen and oxygen atoms in total. The van der Waals surface area contributed by atoms with Crippen molar-refractivity contribution < 1.29 is 9.53 Å². The number of hydrogen-bond acceptors (Lipinski definition) is 4. The summed E-state index contributed by atoms with van der Waals surface area (Å²) in [5.41, 5.74) is 1.90. The maximum Gasteiger partial charge on any atom is 0.287 e. The molecule has 0 saturated carbocycles. The van der Waals surface area contributed by atoms with Crippen LogP contribution in [0.2, 0.25) is 0 Å². The van der Waals surface area contributed by atoms with E-state index >= 15 is 0 Å². The topological polar surface area (TPSA) is 79.0 Å². The normalized spacial score (nSPS) is 23.3. The van der Waals surface area contributed by atoms with Crippen molar-refractivity contribution in [1.29, 1.82) is 0 Å². The van der Waals surface area contributed by atoms with Gasteiger partial charge in [0.15, 0.2) is 5.82 Å². The molecule has 19 heavy (non-hydrogen) atoms. The highest BCUT2D eigenvalue weighted by molar-refractivity contribution is 5.91. The molecular weight excluding hydrogens is 244 g/mol. The number of carbonyl (C=O) groups is 1. The average Bonchev–Trinajstić information content (AvgIpc) is 2.80. The Hall–Kier alpha value is -1.40. The highest BCUT2D eigenvalue weighted by Crippen LogP contribution is 2.09. The van der Waals surface area contributed by atoms with Gasteiger partial charge in [0.05, 0.1) is 17.8 Å². The SMILES string of the molecule is CCc1nc(C(=O)NC2CCNCC2OC)[nH]c1C. The van der Waals surface area contributed by atoms with Gasteiger partial charge in [0.2, 0.25) is 0 Å². The zero-order valence-corrected chi connectivity index (χ0v) is 11.7. The molecule has 0 radical (unpaired) electrons. The number of nitrogens with zero attached hydrogens (tertiary/aromatic N) is 1. The van der Waals surface area contributed by atoms with Crippen LogP contribution >= 0.6 is 0 Å². The van der Waals surface area contributed by atoms with Crippen molar-refractivity contribution in [2.45, 2.75) is 38.8 Å². The average molecular weight is 266 g/mol. The van der Waals surface area contributed by atoms with Gasteiger partial charge in [-0.2, -0.15) is 0 Å². The van der Waals surface area contributed by atoms with Crippen LogP contribution in [0.1, 0.15) is 35.4 Å². The lowest BCUT2D eigenvalue weighted by Crippen LogP contribution is -2.53. The van der Waals surface area contributed by atoms with E-state index in [0.29, 0.717) is 5.82 Å². The Morgan fingerprint density at radius 3 is 3.00 bits per heavy atom. The van der Waals surface area contributed by atoms with Crippen molar-refractivity contribution in [3.8, 4) is 0 Å². The molecule has 0 aliphatic carbocycles. The van der Waals surface area contributed by atoms with Crippen LogP contribution in [-0.2, 0) is 11.2 Å². The van der Waals surface area contributed by atoms with Crippen LogP contribution in [0.4, 0.5) is 0 Å². The summed E-state index contributed by atoms with van der Waals surface area (Å²) in [6, 6.07) is 0.0363. The van der Waals surface area contributed by atoms with Crippen molar-refractivity contribution in [2.75, 3.05) is 20.2 Å². The minimum absolute atomic E-state index is 0.0133. The molecule has 0 bridgehead atoms. The number of aromatic nitrogens is 2. The molecule has 2 rings (SSSR count). The van der Waals surface area contributed by atoms with Gasteiger partial charge in [-0.25, -0.2) is 4.98 Å². The zero-order chi connectivity index (χ0) is 13.8. The van der Waals surface area contributed by atoms with Crippen molar-refractivity contribution in [1.82, 2.24) is 20.6 Å². The van der Waals surface area contributed by atoms with Gasteiger partial charge in [-0.15, -0.1) is 0 Å². The van der Waals surface area contributed by atoms with E-state index in [2.05, 4.69) is 20.6 Å². The number of ether oxygens (including phenoxy) is 1. The van der Waals surface area contributed by atoms with E-state index in [0.717, 1.165) is 37.3 Å². The Balaban J connectivity index is 2.03. The number of methoxy groups -OCH3 is 1. The van der Waals surface area contributed by atoms with Crippen molar-refractivity contribution >= 4 is 5.91 Å². The Labute approximate surface area is 113 Å². The molecule has 0 aromatic carbocycles. The van der Waals surface area contributed by atoms with E-state index in [1.54, 1.807) is 7.11 Å². The maximum atomic E-state index is 12.2. The van der Waals surface area contributed by atoms with Crippen molar-refractivity contribution in [2.24, 2.45) is 0 Å². The molecule has 1 aromatic heterocycles. The van der Waals surface area contributed by atoms with E-state index in [1.165, 1.54) is 0 Å². The minimum Gasteiger partial charge on any atom is -0.378 e. The van der Waals surface area contributed by atoms with Gasteiger partial charge in [-0.05, 0) is 26.3 Å². The molecule has 106 valence electrons. The number of H-pyrrole nitrogens is 1. The fourth-order valence-electron chi connectivity index (χ4n) is 2.43. The van der Waals surface area contributed by atoms with Crippen molar-refractivity contribution in [3.63, 3.8) is 0 Å². The van der Waals surface area contributed by atoms with Gasteiger partial charge in [0, 0.05) is 19.3 Å². The van der Waals surface area contributed by atoms with Gasteiger partial charge >= 0.3 is 0 Å². The number of carbonyl (C=O) groups excluding carboxylic acids is 1. The van der Waals surface area contributed by atoms with E-state index in [4.69, 9.17) is 4.74 Å². The van der Waals surface area contributed by atoms with Crippen LogP contribution in [0.3, 0.4) is 0 Å². The van der Waals surface area contributed by atoms with Gasteiger partial charge in [-0.3, -0.25) is 4.79 Å². The monoisotopic (exact) mass is 266 g/mol. The molecule has 2 atom stereocenters. The lowest BCUT2D eigenvalue weighted by molar-refractivity contribution is 0.0473. The largest absolute Gasteiger partial charge is 0.378 e. The Morgan fingerprint density at radius 1 is 1.58 bits per heavy atom. The predicted molar refractivity (Wildman–Crippen MR) is 72.2 cm³/mol. The summed E-state index contributed by atoms with van der Waals surface area (Å²) in [7, 11) is 1.67. The maximum absolute atomic E-state index is 12.2. The number of amides is 1. The second kappa shape index (κ2) is 6.16. The third-order valence-corrected chi connectivity index (χ3v) is 3.58. The molecular formula is C13H22N4O2.